The van der Waals surface area contributed by atoms with Crippen LogP contribution in [0.4, 0.5) is 15.8 Å². The van der Waals surface area contributed by atoms with E-state index in [2.05, 4.69) is 17.1 Å². The molecule has 0 spiro atoms. The van der Waals surface area contributed by atoms with Crippen molar-refractivity contribution in [2.75, 3.05) is 25.0 Å². The molecular weight excluding hydrogens is 249 g/mol. The summed E-state index contributed by atoms with van der Waals surface area (Å²) < 4.78 is 13.2. The van der Waals surface area contributed by atoms with Gasteiger partial charge >= 0.3 is 0 Å². The SMILES string of the molecule is CCN1CCCC1CNc1cc(F)ccc1[N+](=O)[O-]. The van der Waals surface area contributed by atoms with E-state index in [4.69, 9.17) is 0 Å². The van der Waals surface area contributed by atoms with Gasteiger partial charge in [-0.05, 0) is 32.0 Å². The van der Waals surface area contributed by atoms with Gasteiger partial charge in [-0.2, -0.15) is 0 Å². The molecule has 6 heteroatoms. The lowest BCUT2D eigenvalue weighted by atomic mass is 10.2. The minimum atomic E-state index is -0.492. The molecule has 0 aromatic heterocycles. The molecule has 1 aliphatic heterocycles. The van der Waals surface area contributed by atoms with Gasteiger partial charge in [-0.1, -0.05) is 6.92 Å². The zero-order chi connectivity index (χ0) is 13.8. The number of halogens is 1. The van der Waals surface area contributed by atoms with E-state index in [1.807, 2.05) is 0 Å². The van der Waals surface area contributed by atoms with Gasteiger partial charge in [-0.15, -0.1) is 0 Å². The average Bonchev–Trinajstić information content (AvgIpc) is 2.83. The lowest BCUT2D eigenvalue weighted by Gasteiger charge is -2.23. The lowest BCUT2D eigenvalue weighted by molar-refractivity contribution is -0.384. The molecular formula is C13H18FN3O2. The normalized spacial score (nSPS) is 19.6. The third-order valence-electron chi connectivity index (χ3n) is 3.59. The van der Waals surface area contributed by atoms with Crippen molar-refractivity contribution in [2.24, 2.45) is 0 Å². The third-order valence-corrected chi connectivity index (χ3v) is 3.59. The van der Waals surface area contributed by atoms with Crippen molar-refractivity contribution in [1.29, 1.82) is 0 Å². The van der Waals surface area contributed by atoms with E-state index in [1.165, 1.54) is 12.1 Å². The first kappa shape index (κ1) is 13.7. The van der Waals surface area contributed by atoms with Gasteiger partial charge in [0.2, 0.25) is 0 Å². The standard InChI is InChI=1S/C13H18FN3O2/c1-2-16-7-3-4-11(16)9-15-12-8-10(14)5-6-13(12)17(18)19/h5-6,8,11,15H,2-4,7,9H2,1H3. The summed E-state index contributed by atoms with van der Waals surface area (Å²) in [6, 6.07) is 3.86. The van der Waals surface area contributed by atoms with Crippen LogP contribution in [0.2, 0.25) is 0 Å². The molecule has 2 rings (SSSR count). The predicted molar refractivity (Wildman–Crippen MR) is 71.8 cm³/mol. The molecule has 1 N–H and O–H groups in total. The summed E-state index contributed by atoms with van der Waals surface area (Å²) in [6.07, 6.45) is 2.22. The number of likely N-dealkylation sites (N-methyl/N-ethyl adjacent to an activating group) is 1. The van der Waals surface area contributed by atoms with Crippen molar-refractivity contribution in [3.8, 4) is 0 Å². The Morgan fingerprint density at radius 2 is 2.37 bits per heavy atom. The minimum absolute atomic E-state index is 0.0811. The van der Waals surface area contributed by atoms with Crippen LogP contribution in [0.25, 0.3) is 0 Å². The highest BCUT2D eigenvalue weighted by Crippen LogP contribution is 2.26. The molecule has 1 heterocycles. The summed E-state index contributed by atoms with van der Waals surface area (Å²) >= 11 is 0. The first-order valence-corrected chi connectivity index (χ1v) is 6.53. The van der Waals surface area contributed by atoms with E-state index in [9.17, 15) is 14.5 Å². The van der Waals surface area contributed by atoms with Gasteiger partial charge in [0.25, 0.3) is 5.69 Å². The summed E-state index contributed by atoms with van der Waals surface area (Å²) in [5, 5.41) is 13.9. The Bertz CT molecular complexity index is 467. The number of nitro benzene ring substituents is 1. The molecule has 1 aliphatic rings. The highest BCUT2D eigenvalue weighted by molar-refractivity contribution is 5.61. The van der Waals surface area contributed by atoms with Crippen molar-refractivity contribution >= 4 is 11.4 Å². The third kappa shape index (κ3) is 3.20. The molecule has 1 saturated heterocycles. The first-order chi connectivity index (χ1) is 9.11. The van der Waals surface area contributed by atoms with Crippen LogP contribution in [-0.4, -0.2) is 35.5 Å². The van der Waals surface area contributed by atoms with Crippen LogP contribution in [0.15, 0.2) is 18.2 Å². The number of nitrogens with zero attached hydrogens (tertiary/aromatic N) is 2. The summed E-state index contributed by atoms with van der Waals surface area (Å²) in [7, 11) is 0. The molecule has 104 valence electrons. The van der Waals surface area contributed by atoms with E-state index in [-0.39, 0.29) is 11.4 Å². The smallest absolute Gasteiger partial charge is 0.292 e. The van der Waals surface area contributed by atoms with E-state index in [1.54, 1.807) is 0 Å². The van der Waals surface area contributed by atoms with Gasteiger partial charge in [0.05, 0.1) is 4.92 Å². The molecule has 5 nitrogen and oxygen atoms in total. The van der Waals surface area contributed by atoms with Crippen LogP contribution >= 0.6 is 0 Å². The summed E-state index contributed by atoms with van der Waals surface area (Å²) in [6.45, 7) is 4.74. The van der Waals surface area contributed by atoms with Gasteiger partial charge < -0.3 is 5.32 Å². The van der Waals surface area contributed by atoms with Gasteiger partial charge in [-0.3, -0.25) is 15.0 Å². The van der Waals surface area contributed by atoms with Crippen molar-refractivity contribution in [2.45, 2.75) is 25.8 Å². The number of likely N-dealkylation sites (tertiary alicyclic amines) is 1. The first-order valence-electron chi connectivity index (χ1n) is 6.53. The molecule has 1 aromatic carbocycles. The summed E-state index contributed by atoms with van der Waals surface area (Å²) in [4.78, 5) is 12.7. The topological polar surface area (TPSA) is 58.4 Å². The molecule has 1 unspecified atom stereocenters. The molecule has 0 radical (unpaired) electrons. The van der Waals surface area contributed by atoms with E-state index < -0.39 is 10.7 Å². The molecule has 1 fully saturated rings. The maximum absolute atomic E-state index is 13.2. The number of benzene rings is 1. The number of hydrogen-bond donors (Lipinski definition) is 1. The quantitative estimate of drug-likeness (QED) is 0.658. The molecule has 1 aromatic rings. The largest absolute Gasteiger partial charge is 0.378 e. The monoisotopic (exact) mass is 267 g/mol. The van der Waals surface area contributed by atoms with Crippen molar-refractivity contribution in [3.05, 3.63) is 34.1 Å². The molecule has 1 atom stereocenters. The second-order valence-electron chi connectivity index (χ2n) is 4.72. The fourth-order valence-electron chi connectivity index (χ4n) is 2.58. The average molecular weight is 267 g/mol. The summed E-state index contributed by atoms with van der Waals surface area (Å²) in [5.74, 6) is -0.466. The highest BCUT2D eigenvalue weighted by Gasteiger charge is 2.23. The van der Waals surface area contributed by atoms with E-state index in [0.29, 0.717) is 12.6 Å². The Balaban J connectivity index is 2.06. The number of hydrogen-bond acceptors (Lipinski definition) is 4. The van der Waals surface area contributed by atoms with Crippen molar-refractivity contribution in [3.63, 3.8) is 0 Å². The number of nitrogens with one attached hydrogen (secondary N) is 1. The summed E-state index contributed by atoms with van der Waals surface area (Å²) in [5.41, 5.74) is 0.176. The van der Waals surface area contributed by atoms with Crippen LogP contribution in [0.1, 0.15) is 19.8 Å². The van der Waals surface area contributed by atoms with Crippen LogP contribution in [-0.2, 0) is 0 Å². The molecule has 0 aliphatic carbocycles. The molecule has 0 saturated carbocycles. The molecule has 19 heavy (non-hydrogen) atoms. The zero-order valence-corrected chi connectivity index (χ0v) is 10.9. The van der Waals surface area contributed by atoms with Gasteiger partial charge in [-0.25, -0.2) is 4.39 Å². The predicted octanol–water partition coefficient (Wildman–Crippen LogP) is 2.63. The lowest BCUT2D eigenvalue weighted by Crippen LogP contribution is -2.34. The fraction of sp³-hybridized carbons (Fsp3) is 0.538. The van der Waals surface area contributed by atoms with Gasteiger partial charge in [0.1, 0.15) is 11.5 Å². The Morgan fingerprint density at radius 3 is 3.05 bits per heavy atom. The Labute approximate surface area is 111 Å². The van der Waals surface area contributed by atoms with Crippen LogP contribution in [0.3, 0.4) is 0 Å². The number of rotatable bonds is 5. The van der Waals surface area contributed by atoms with Crippen molar-refractivity contribution < 1.29 is 9.31 Å². The van der Waals surface area contributed by atoms with E-state index in [0.717, 1.165) is 32.0 Å². The second-order valence-corrected chi connectivity index (χ2v) is 4.72. The maximum Gasteiger partial charge on any atom is 0.292 e. The van der Waals surface area contributed by atoms with Crippen LogP contribution in [0.5, 0.6) is 0 Å². The van der Waals surface area contributed by atoms with Gasteiger partial charge in [0.15, 0.2) is 0 Å². The van der Waals surface area contributed by atoms with Gasteiger partial charge in [0, 0.05) is 24.7 Å². The Morgan fingerprint density at radius 1 is 1.58 bits per heavy atom. The Hall–Kier alpha value is -1.69. The maximum atomic E-state index is 13.2. The highest BCUT2D eigenvalue weighted by atomic mass is 19.1. The van der Waals surface area contributed by atoms with E-state index >= 15 is 0 Å². The van der Waals surface area contributed by atoms with Crippen LogP contribution < -0.4 is 5.32 Å². The van der Waals surface area contributed by atoms with Crippen LogP contribution in [0, 0.1) is 15.9 Å². The molecule has 0 amide bonds. The Kier molecular flexibility index (Phi) is 4.31. The fourth-order valence-corrected chi connectivity index (χ4v) is 2.58. The minimum Gasteiger partial charge on any atom is -0.378 e. The molecule has 0 bridgehead atoms. The second kappa shape index (κ2) is 5.97. The van der Waals surface area contributed by atoms with Crippen molar-refractivity contribution in [1.82, 2.24) is 4.90 Å². The number of anilines is 1. The number of nitro groups is 1. The zero-order valence-electron chi connectivity index (χ0n) is 10.9.